The lowest BCUT2D eigenvalue weighted by Gasteiger charge is -2.10. The van der Waals surface area contributed by atoms with Gasteiger partial charge in [0.25, 0.3) is 0 Å². The van der Waals surface area contributed by atoms with Crippen LogP contribution in [0.2, 0.25) is 15.2 Å². The zero-order valence-electron chi connectivity index (χ0n) is 9.22. The van der Waals surface area contributed by atoms with Gasteiger partial charge < -0.3 is 5.32 Å². The molecule has 3 nitrogen and oxygen atoms in total. The highest BCUT2D eigenvalue weighted by atomic mass is 79.9. The van der Waals surface area contributed by atoms with Crippen LogP contribution in [0.4, 0.5) is 11.5 Å². The normalized spacial score (nSPS) is 10.1. The molecule has 0 saturated heterocycles. The Labute approximate surface area is 133 Å². The van der Waals surface area contributed by atoms with Crippen molar-refractivity contribution in [2.24, 2.45) is 0 Å². The van der Waals surface area contributed by atoms with Gasteiger partial charge in [-0.3, -0.25) is 0 Å². The summed E-state index contributed by atoms with van der Waals surface area (Å²) in [6.45, 7) is 0. The van der Waals surface area contributed by atoms with Crippen molar-refractivity contribution < 1.29 is 0 Å². The molecule has 0 aliphatic carbocycles. The molecule has 0 radical (unpaired) electrons. The lowest BCUT2D eigenvalue weighted by Crippen LogP contribution is -1.96. The summed E-state index contributed by atoms with van der Waals surface area (Å²) in [6.07, 6.45) is 0. The molecule has 0 fully saturated rings. The number of pyridine rings is 1. The Bertz CT molecular complexity index is 683. The summed E-state index contributed by atoms with van der Waals surface area (Å²) < 4.78 is 0.696. The van der Waals surface area contributed by atoms with E-state index in [1.807, 2.05) is 6.07 Å². The van der Waals surface area contributed by atoms with E-state index < -0.39 is 0 Å². The van der Waals surface area contributed by atoms with Crippen molar-refractivity contribution in [1.29, 1.82) is 5.26 Å². The molecule has 0 atom stereocenters. The van der Waals surface area contributed by atoms with Gasteiger partial charge in [-0.1, -0.05) is 34.8 Å². The van der Waals surface area contributed by atoms with Crippen LogP contribution < -0.4 is 5.32 Å². The number of anilines is 2. The van der Waals surface area contributed by atoms with Gasteiger partial charge >= 0.3 is 0 Å². The largest absolute Gasteiger partial charge is 0.339 e. The highest BCUT2D eigenvalue weighted by Gasteiger charge is 2.10. The van der Waals surface area contributed by atoms with Gasteiger partial charge in [0.05, 0.1) is 27.4 Å². The fourth-order valence-corrected chi connectivity index (χ4v) is 2.42. The highest BCUT2D eigenvalue weighted by Crippen LogP contribution is 2.37. The number of benzene rings is 1. The number of hydrogen-bond donors (Lipinski definition) is 1. The van der Waals surface area contributed by atoms with Crippen LogP contribution in [0.25, 0.3) is 0 Å². The first-order chi connectivity index (χ1) is 9.01. The molecule has 0 aliphatic heterocycles. The van der Waals surface area contributed by atoms with Crippen LogP contribution in [0, 0.1) is 11.3 Å². The number of nitrogens with one attached hydrogen (secondary N) is 1. The fourth-order valence-electron chi connectivity index (χ4n) is 1.39. The highest BCUT2D eigenvalue weighted by molar-refractivity contribution is 9.10. The summed E-state index contributed by atoms with van der Waals surface area (Å²) in [6, 6.07) is 8.54. The topological polar surface area (TPSA) is 48.7 Å². The second-order valence-electron chi connectivity index (χ2n) is 3.52. The van der Waals surface area contributed by atoms with Gasteiger partial charge in [0.1, 0.15) is 11.0 Å². The van der Waals surface area contributed by atoms with Crippen LogP contribution in [-0.2, 0) is 0 Å². The van der Waals surface area contributed by atoms with Crippen molar-refractivity contribution in [1.82, 2.24) is 4.98 Å². The second kappa shape index (κ2) is 5.98. The van der Waals surface area contributed by atoms with Gasteiger partial charge in [-0.15, -0.1) is 0 Å². The maximum absolute atomic E-state index is 8.87. The van der Waals surface area contributed by atoms with Crippen LogP contribution in [-0.4, -0.2) is 4.98 Å². The Morgan fingerprint density at radius 2 is 1.89 bits per heavy atom. The first-order valence-electron chi connectivity index (χ1n) is 4.99. The average Bonchev–Trinajstić information content (AvgIpc) is 2.39. The van der Waals surface area contributed by atoms with Gasteiger partial charge in [-0.2, -0.15) is 5.26 Å². The molecule has 7 heteroatoms. The van der Waals surface area contributed by atoms with E-state index in [2.05, 4.69) is 26.2 Å². The van der Waals surface area contributed by atoms with E-state index in [0.717, 1.165) is 0 Å². The maximum Gasteiger partial charge on any atom is 0.133 e. The van der Waals surface area contributed by atoms with Gasteiger partial charge in [0.15, 0.2) is 0 Å². The van der Waals surface area contributed by atoms with Gasteiger partial charge in [0.2, 0.25) is 0 Å². The van der Waals surface area contributed by atoms with Crippen molar-refractivity contribution in [3.63, 3.8) is 0 Å². The van der Waals surface area contributed by atoms with Gasteiger partial charge in [-0.25, -0.2) is 4.98 Å². The summed E-state index contributed by atoms with van der Waals surface area (Å²) in [5.74, 6) is 0.421. The van der Waals surface area contributed by atoms with Crippen molar-refractivity contribution in [2.75, 3.05) is 5.32 Å². The van der Waals surface area contributed by atoms with Crippen molar-refractivity contribution in [3.8, 4) is 6.07 Å². The third-order valence-electron chi connectivity index (χ3n) is 2.22. The zero-order valence-corrected chi connectivity index (χ0v) is 13.1. The van der Waals surface area contributed by atoms with Crippen molar-refractivity contribution >= 4 is 62.2 Å². The van der Waals surface area contributed by atoms with Crippen LogP contribution in [0.15, 0.2) is 28.7 Å². The quantitative estimate of drug-likeness (QED) is 0.562. The summed E-state index contributed by atoms with van der Waals surface area (Å²) >= 11 is 21.2. The average molecular weight is 377 g/mol. The molecular formula is C12H5BrCl3N3. The minimum absolute atomic E-state index is 0.223. The second-order valence-corrected chi connectivity index (χ2v) is 5.52. The van der Waals surface area contributed by atoms with Gasteiger partial charge in [0, 0.05) is 4.47 Å². The molecule has 2 aromatic rings. The first-order valence-corrected chi connectivity index (χ1v) is 6.92. The van der Waals surface area contributed by atoms with Crippen LogP contribution in [0.3, 0.4) is 0 Å². The number of hydrogen-bond acceptors (Lipinski definition) is 3. The molecular weight excluding hydrogens is 372 g/mol. The molecule has 19 heavy (non-hydrogen) atoms. The standard InChI is InChI=1S/C12H5BrCl3N3/c13-7-1-2-8(12(16)11(7)15)18-10-4-6(5-17)3-9(14)19-10/h1-4H,(H,18,19). The smallest absolute Gasteiger partial charge is 0.133 e. The molecule has 1 heterocycles. The number of nitriles is 1. The molecule has 0 unspecified atom stereocenters. The van der Waals surface area contributed by atoms with Gasteiger partial charge in [-0.05, 0) is 40.2 Å². The van der Waals surface area contributed by atoms with Crippen molar-refractivity contribution in [2.45, 2.75) is 0 Å². The third kappa shape index (κ3) is 3.31. The lowest BCUT2D eigenvalue weighted by molar-refractivity contribution is 1.29. The monoisotopic (exact) mass is 375 g/mol. The number of rotatable bonds is 2. The molecule has 1 aromatic heterocycles. The first kappa shape index (κ1) is 14.4. The van der Waals surface area contributed by atoms with E-state index in [1.165, 1.54) is 6.07 Å². The molecule has 0 spiro atoms. The molecule has 0 saturated carbocycles. The van der Waals surface area contributed by atoms with Crippen LogP contribution >= 0.6 is 50.7 Å². The Hall–Kier alpha value is -0.990. The SMILES string of the molecule is N#Cc1cc(Cl)nc(Nc2ccc(Br)c(Cl)c2Cl)c1. The predicted octanol–water partition coefficient (Wildman–Crippen LogP) is 5.42. The van der Waals surface area contributed by atoms with E-state index in [1.54, 1.807) is 18.2 Å². The maximum atomic E-state index is 8.87. The number of halogens is 4. The number of aromatic nitrogens is 1. The van der Waals surface area contributed by atoms with Crippen LogP contribution in [0.5, 0.6) is 0 Å². The van der Waals surface area contributed by atoms with Crippen molar-refractivity contribution in [3.05, 3.63) is 49.5 Å². The lowest BCUT2D eigenvalue weighted by atomic mass is 10.2. The molecule has 1 aromatic carbocycles. The molecule has 0 aliphatic rings. The minimum Gasteiger partial charge on any atom is -0.339 e. The summed E-state index contributed by atoms with van der Waals surface area (Å²) in [4.78, 5) is 4.06. The van der Waals surface area contributed by atoms with E-state index >= 15 is 0 Å². The summed E-state index contributed by atoms with van der Waals surface area (Å²) in [7, 11) is 0. The zero-order chi connectivity index (χ0) is 14.0. The third-order valence-corrected chi connectivity index (χ3v) is 4.19. The Morgan fingerprint density at radius 1 is 1.16 bits per heavy atom. The van der Waals surface area contributed by atoms with E-state index in [9.17, 15) is 0 Å². The van der Waals surface area contributed by atoms with Crippen LogP contribution in [0.1, 0.15) is 5.56 Å². The predicted molar refractivity (Wildman–Crippen MR) is 81.4 cm³/mol. The molecule has 2 rings (SSSR count). The van der Waals surface area contributed by atoms with E-state index in [0.29, 0.717) is 31.6 Å². The molecule has 0 amide bonds. The molecule has 96 valence electrons. The van der Waals surface area contributed by atoms with E-state index in [4.69, 9.17) is 40.1 Å². The summed E-state index contributed by atoms with van der Waals surface area (Å²) in [5.41, 5.74) is 0.982. The Morgan fingerprint density at radius 3 is 2.58 bits per heavy atom. The molecule has 0 bridgehead atoms. The summed E-state index contributed by atoms with van der Waals surface area (Å²) in [5, 5.41) is 12.8. The Balaban J connectivity index is 2.40. The minimum atomic E-state index is 0.223. The number of nitrogens with zero attached hydrogens (tertiary/aromatic N) is 2. The van der Waals surface area contributed by atoms with E-state index in [-0.39, 0.29) is 5.15 Å². The Kier molecular flexibility index (Phi) is 4.54. The fraction of sp³-hybridized carbons (Fsp3) is 0. The molecule has 1 N–H and O–H groups in total.